The number of hydrogen-bond donors (Lipinski definition) is 1. The molecule has 2 aromatic carbocycles. The minimum atomic E-state index is -4.34. The number of amides is 1. The fourth-order valence-corrected chi connectivity index (χ4v) is 4.44. The Morgan fingerprint density at radius 3 is 2.37 bits per heavy atom. The Hall–Kier alpha value is -2.40. The third kappa shape index (κ3) is 4.22. The lowest BCUT2D eigenvalue weighted by Gasteiger charge is -2.09. The summed E-state index contributed by atoms with van der Waals surface area (Å²) in [5.74, 6) is -1.62. The molecule has 3 rings (SSSR count). The number of carbonyl (C=O) groups excluding carboxylic acids is 1. The zero-order valence-corrected chi connectivity index (χ0v) is 18.4. The van der Waals surface area contributed by atoms with E-state index in [4.69, 9.17) is 39.5 Å². The van der Waals surface area contributed by atoms with E-state index < -0.39 is 21.7 Å². The molecule has 13 heteroatoms. The highest BCUT2D eigenvalue weighted by Crippen LogP contribution is 2.28. The van der Waals surface area contributed by atoms with Gasteiger partial charge in [0.2, 0.25) is 0 Å². The lowest BCUT2D eigenvalue weighted by molar-refractivity contribution is 0.0976. The third-order valence-electron chi connectivity index (χ3n) is 3.98. The molecule has 0 atom stereocenters. The van der Waals surface area contributed by atoms with E-state index in [2.05, 4.69) is 10.3 Å². The average molecular weight is 494 g/mol. The van der Waals surface area contributed by atoms with Crippen LogP contribution in [0.4, 0.5) is 4.39 Å². The molecule has 1 N–H and O–H groups in total. The van der Waals surface area contributed by atoms with Crippen LogP contribution in [0.25, 0.3) is 5.69 Å². The highest BCUT2D eigenvalue weighted by molar-refractivity contribution is 7.90. The van der Waals surface area contributed by atoms with E-state index in [0.29, 0.717) is 0 Å². The predicted octanol–water partition coefficient (Wildman–Crippen LogP) is 3.80. The first-order valence-electron chi connectivity index (χ1n) is 8.03. The van der Waals surface area contributed by atoms with Gasteiger partial charge in [-0.1, -0.05) is 40.0 Å². The molecule has 0 saturated carbocycles. The fraction of sp³-hybridized carbons (Fsp3) is 0.118. The van der Waals surface area contributed by atoms with Crippen molar-refractivity contribution in [1.29, 1.82) is 0 Å². The highest BCUT2D eigenvalue weighted by Gasteiger charge is 2.26. The third-order valence-corrected chi connectivity index (χ3v) is 6.34. The second-order valence-electron chi connectivity index (χ2n) is 5.89. The van der Waals surface area contributed by atoms with Gasteiger partial charge in [-0.25, -0.2) is 22.2 Å². The number of carbonyl (C=O) groups is 1. The average Bonchev–Trinajstić information content (AvgIpc) is 3.07. The zero-order valence-electron chi connectivity index (χ0n) is 15.3. The van der Waals surface area contributed by atoms with Crippen molar-refractivity contribution < 1.29 is 22.3 Å². The molecule has 1 aromatic heterocycles. The van der Waals surface area contributed by atoms with E-state index in [-0.39, 0.29) is 42.8 Å². The summed E-state index contributed by atoms with van der Waals surface area (Å²) in [7, 11) is -2.99. The summed E-state index contributed by atoms with van der Waals surface area (Å²) >= 11 is 17.5. The van der Waals surface area contributed by atoms with Crippen LogP contribution in [-0.4, -0.2) is 36.4 Å². The minimum Gasteiger partial charge on any atom is -0.497 e. The van der Waals surface area contributed by atoms with Gasteiger partial charge in [-0.3, -0.25) is 4.79 Å². The normalized spacial score (nSPS) is 11.4. The van der Waals surface area contributed by atoms with E-state index >= 15 is 0 Å². The first kappa shape index (κ1) is 22.3. The summed E-state index contributed by atoms with van der Waals surface area (Å²) < 4.78 is 46.9. The molecule has 0 unspecified atom stereocenters. The molecule has 1 amide bonds. The number of nitrogens with zero attached hydrogens (tertiary/aromatic N) is 3. The van der Waals surface area contributed by atoms with E-state index in [0.717, 1.165) is 4.68 Å². The van der Waals surface area contributed by atoms with Crippen LogP contribution in [0.5, 0.6) is 5.75 Å². The minimum absolute atomic E-state index is 0.105. The Bertz CT molecular complexity index is 1240. The number of benzene rings is 2. The van der Waals surface area contributed by atoms with Crippen molar-refractivity contribution in [3.8, 4) is 11.4 Å². The summed E-state index contributed by atoms with van der Waals surface area (Å²) in [6, 6.07) is 6.43. The number of ether oxygens (including phenoxy) is 1. The van der Waals surface area contributed by atoms with Crippen molar-refractivity contribution in [2.24, 2.45) is 0 Å². The lowest BCUT2D eigenvalue weighted by Crippen LogP contribution is -2.31. The predicted molar refractivity (Wildman–Crippen MR) is 109 cm³/mol. The quantitative estimate of drug-likeness (QED) is 0.542. The monoisotopic (exact) mass is 492 g/mol. The lowest BCUT2D eigenvalue weighted by atomic mass is 10.3. The summed E-state index contributed by atoms with van der Waals surface area (Å²) in [4.78, 5) is 12.2. The number of methoxy groups -OCH3 is 1. The SMILES string of the molecule is COc1ccc(Cl)c(S(=O)(=O)NC(=O)c2nnn(-c3cc(Cl)c(F)c(Cl)c3)c2C)c1. The van der Waals surface area contributed by atoms with Crippen molar-refractivity contribution in [3.63, 3.8) is 0 Å². The standard InChI is InChI=1S/C17H12Cl3FN4O4S/c1-8-16(22-24-25(8)9-5-12(19)15(21)13(20)6-9)17(26)23-30(27,28)14-7-10(29-2)3-4-11(14)18/h3-7H,1-2H3,(H,23,26). The van der Waals surface area contributed by atoms with Crippen LogP contribution < -0.4 is 9.46 Å². The van der Waals surface area contributed by atoms with Gasteiger partial charge in [-0.05, 0) is 31.2 Å². The van der Waals surface area contributed by atoms with Gasteiger partial charge < -0.3 is 4.74 Å². The van der Waals surface area contributed by atoms with Gasteiger partial charge in [-0.2, -0.15) is 0 Å². The second kappa shape index (κ2) is 8.38. The summed E-state index contributed by atoms with van der Waals surface area (Å²) in [5, 5.41) is 6.88. The van der Waals surface area contributed by atoms with Gasteiger partial charge in [0.15, 0.2) is 11.5 Å². The molecular weight excluding hydrogens is 482 g/mol. The van der Waals surface area contributed by atoms with Crippen LogP contribution in [0, 0.1) is 12.7 Å². The van der Waals surface area contributed by atoms with E-state index in [1.807, 2.05) is 4.72 Å². The summed E-state index contributed by atoms with van der Waals surface area (Å²) in [6.45, 7) is 1.46. The molecule has 0 spiro atoms. The van der Waals surface area contributed by atoms with Crippen molar-refractivity contribution in [2.75, 3.05) is 7.11 Å². The number of hydrogen-bond acceptors (Lipinski definition) is 6. The Balaban J connectivity index is 1.94. The first-order chi connectivity index (χ1) is 14.0. The molecule has 8 nitrogen and oxygen atoms in total. The number of aromatic nitrogens is 3. The molecule has 0 saturated heterocycles. The van der Waals surface area contributed by atoms with Gasteiger partial charge in [0.1, 0.15) is 10.6 Å². The zero-order chi connectivity index (χ0) is 22.2. The van der Waals surface area contributed by atoms with Gasteiger partial charge >= 0.3 is 0 Å². The van der Waals surface area contributed by atoms with Crippen molar-refractivity contribution in [1.82, 2.24) is 19.7 Å². The molecule has 0 bridgehead atoms. The van der Waals surface area contributed by atoms with E-state index in [9.17, 15) is 17.6 Å². The first-order valence-corrected chi connectivity index (χ1v) is 10.6. The highest BCUT2D eigenvalue weighted by atomic mass is 35.5. The van der Waals surface area contributed by atoms with Gasteiger partial charge in [0, 0.05) is 6.07 Å². The van der Waals surface area contributed by atoms with Crippen molar-refractivity contribution in [3.05, 3.63) is 62.6 Å². The van der Waals surface area contributed by atoms with Crippen LogP contribution in [0.3, 0.4) is 0 Å². The maximum Gasteiger partial charge on any atom is 0.287 e. The number of nitrogens with one attached hydrogen (secondary N) is 1. The number of sulfonamides is 1. The van der Waals surface area contributed by atoms with E-state index in [1.54, 1.807) is 0 Å². The molecule has 30 heavy (non-hydrogen) atoms. The van der Waals surface area contributed by atoms with Gasteiger partial charge in [0.05, 0.1) is 33.6 Å². The smallest absolute Gasteiger partial charge is 0.287 e. The number of halogens is 4. The second-order valence-corrected chi connectivity index (χ2v) is 8.76. The molecule has 0 aliphatic carbocycles. The molecule has 0 aliphatic heterocycles. The summed E-state index contributed by atoms with van der Waals surface area (Å²) in [6.07, 6.45) is 0. The van der Waals surface area contributed by atoms with Crippen molar-refractivity contribution in [2.45, 2.75) is 11.8 Å². The molecule has 3 aromatic rings. The molecule has 0 fully saturated rings. The van der Waals surface area contributed by atoms with E-state index in [1.165, 1.54) is 44.4 Å². The van der Waals surface area contributed by atoms with Crippen LogP contribution in [-0.2, 0) is 10.0 Å². The summed E-state index contributed by atoms with van der Waals surface area (Å²) in [5.41, 5.74) is 0.112. The maximum absolute atomic E-state index is 13.6. The maximum atomic E-state index is 13.6. The Labute approximate surface area is 185 Å². The molecular formula is C17H12Cl3FN4O4S. The van der Waals surface area contributed by atoms with Crippen LogP contribution in [0.1, 0.15) is 16.2 Å². The van der Waals surface area contributed by atoms with Crippen molar-refractivity contribution >= 4 is 50.7 Å². The Morgan fingerprint density at radius 1 is 1.13 bits per heavy atom. The Kier molecular flexibility index (Phi) is 6.23. The van der Waals surface area contributed by atoms with Crippen LogP contribution in [0.2, 0.25) is 15.1 Å². The molecule has 1 heterocycles. The molecule has 0 aliphatic rings. The molecule has 158 valence electrons. The largest absolute Gasteiger partial charge is 0.497 e. The molecule has 0 radical (unpaired) electrons. The van der Waals surface area contributed by atoms with Gasteiger partial charge in [0.25, 0.3) is 15.9 Å². The fourth-order valence-electron chi connectivity index (χ4n) is 2.49. The Morgan fingerprint density at radius 2 is 1.77 bits per heavy atom. The topological polar surface area (TPSA) is 103 Å². The van der Waals surface area contributed by atoms with Gasteiger partial charge in [-0.15, -0.1) is 5.10 Å². The van der Waals surface area contributed by atoms with Crippen LogP contribution >= 0.6 is 34.8 Å². The number of rotatable bonds is 5. The van der Waals surface area contributed by atoms with Crippen LogP contribution in [0.15, 0.2) is 35.2 Å².